The van der Waals surface area contributed by atoms with E-state index in [1.54, 1.807) is 12.2 Å². The molecule has 1 rings (SSSR count). The normalized spacial score (nSPS) is 8.00. The fourth-order valence-corrected chi connectivity index (χ4v) is 0.790. The van der Waals surface area contributed by atoms with E-state index in [-0.39, 0.29) is 5.78 Å². The van der Waals surface area contributed by atoms with Gasteiger partial charge in [-0.1, -0.05) is 48.6 Å². The Morgan fingerprint density at radius 2 is 1.14 bits per heavy atom. The molecule has 0 aliphatic heterocycles. The molecule has 1 aromatic carbocycles. The highest BCUT2D eigenvalue weighted by Gasteiger charge is 1.91. The summed E-state index contributed by atoms with van der Waals surface area (Å²) in [5.41, 5.74) is 0. The van der Waals surface area contributed by atoms with Gasteiger partial charge in [0.15, 0.2) is 0 Å². The summed E-state index contributed by atoms with van der Waals surface area (Å²) in [6, 6.07) is 12.0. The fourth-order valence-electron chi connectivity index (χ4n) is 0.790. The molecule has 1 heteroatoms. The van der Waals surface area contributed by atoms with Crippen LogP contribution in [-0.4, -0.2) is 5.78 Å². The van der Waals surface area contributed by atoms with Gasteiger partial charge in [-0.25, -0.2) is 0 Å². The summed E-state index contributed by atoms with van der Waals surface area (Å²) >= 11 is 0. The van der Waals surface area contributed by atoms with E-state index in [1.165, 1.54) is 0 Å². The van der Waals surface area contributed by atoms with Crippen LogP contribution in [0.4, 0.5) is 0 Å². The van der Waals surface area contributed by atoms with E-state index in [9.17, 15) is 4.79 Å². The maximum atomic E-state index is 10.5. The molecular formula is C13H16O. The fraction of sp³-hybridized carbons (Fsp3) is 0.154. The molecule has 0 saturated heterocycles. The maximum Gasteiger partial charge on any atom is 0.140 e. The zero-order valence-corrected chi connectivity index (χ0v) is 8.36. The molecule has 0 aliphatic rings. The van der Waals surface area contributed by atoms with Gasteiger partial charge in [0.1, 0.15) is 5.78 Å². The molecule has 0 saturated carbocycles. The van der Waals surface area contributed by atoms with Gasteiger partial charge in [-0.3, -0.25) is 4.79 Å². The van der Waals surface area contributed by atoms with Crippen molar-refractivity contribution in [3.8, 4) is 0 Å². The van der Waals surface area contributed by atoms with Crippen molar-refractivity contribution in [1.82, 2.24) is 0 Å². The van der Waals surface area contributed by atoms with Crippen LogP contribution < -0.4 is 0 Å². The number of Topliss-reactive ketones (excluding diaryl/α,β-unsaturated/α-hetero) is 1. The van der Waals surface area contributed by atoms with Crippen molar-refractivity contribution in [2.75, 3.05) is 0 Å². The number of hydrogen-bond donors (Lipinski definition) is 0. The lowest BCUT2D eigenvalue weighted by atomic mass is 10.2. The van der Waals surface area contributed by atoms with Crippen LogP contribution in [-0.2, 0) is 4.79 Å². The maximum absolute atomic E-state index is 10.5. The highest BCUT2D eigenvalue weighted by atomic mass is 16.1. The predicted molar refractivity (Wildman–Crippen MR) is 61.1 cm³/mol. The SMILES string of the molecule is C=CCC(=O)CC=C.c1ccccc1. The number of allylic oxidation sites excluding steroid dienone is 2. The van der Waals surface area contributed by atoms with E-state index in [0.29, 0.717) is 12.8 Å². The molecule has 0 fully saturated rings. The molecule has 1 aromatic rings. The summed E-state index contributed by atoms with van der Waals surface area (Å²) in [6.07, 6.45) is 4.13. The first-order valence-electron chi connectivity index (χ1n) is 4.54. The summed E-state index contributed by atoms with van der Waals surface area (Å²) in [5.74, 6) is 0.176. The smallest absolute Gasteiger partial charge is 0.140 e. The van der Waals surface area contributed by atoms with E-state index in [2.05, 4.69) is 13.2 Å². The molecule has 0 atom stereocenters. The van der Waals surface area contributed by atoms with Crippen LogP contribution in [0.3, 0.4) is 0 Å². The van der Waals surface area contributed by atoms with Gasteiger partial charge < -0.3 is 0 Å². The largest absolute Gasteiger partial charge is 0.299 e. The van der Waals surface area contributed by atoms with Crippen LogP contribution in [0.2, 0.25) is 0 Å². The zero-order valence-electron chi connectivity index (χ0n) is 8.36. The highest BCUT2D eigenvalue weighted by molar-refractivity contribution is 5.80. The van der Waals surface area contributed by atoms with E-state index < -0.39 is 0 Å². The number of rotatable bonds is 4. The van der Waals surface area contributed by atoms with Gasteiger partial charge in [0.2, 0.25) is 0 Å². The second-order valence-electron chi connectivity index (χ2n) is 2.68. The number of benzene rings is 1. The average molecular weight is 188 g/mol. The lowest BCUT2D eigenvalue weighted by Crippen LogP contribution is -1.90. The Kier molecular flexibility index (Phi) is 8.36. The molecule has 0 aliphatic carbocycles. The van der Waals surface area contributed by atoms with Gasteiger partial charge in [-0.05, 0) is 0 Å². The van der Waals surface area contributed by atoms with Gasteiger partial charge in [-0.15, -0.1) is 13.2 Å². The van der Waals surface area contributed by atoms with Crippen molar-refractivity contribution in [3.05, 3.63) is 61.7 Å². The highest BCUT2D eigenvalue weighted by Crippen LogP contribution is 1.89. The number of carbonyl (C=O) groups excluding carboxylic acids is 1. The Morgan fingerprint density at radius 3 is 1.36 bits per heavy atom. The number of hydrogen-bond acceptors (Lipinski definition) is 1. The van der Waals surface area contributed by atoms with Crippen molar-refractivity contribution >= 4 is 5.78 Å². The van der Waals surface area contributed by atoms with Crippen molar-refractivity contribution in [2.24, 2.45) is 0 Å². The summed E-state index contributed by atoms with van der Waals surface area (Å²) in [4.78, 5) is 10.5. The topological polar surface area (TPSA) is 17.1 Å². The Morgan fingerprint density at radius 1 is 0.857 bits per heavy atom. The Hall–Kier alpha value is -1.63. The monoisotopic (exact) mass is 188 g/mol. The van der Waals surface area contributed by atoms with Crippen LogP contribution in [0.5, 0.6) is 0 Å². The third-order valence-corrected chi connectivity index (χ3v) is 1.41. The van der Waals surface area contributed by atoms with Gasteiger partial charge in [-0.2, -0.15) is 0 Å². The minimum absolute atomic E-state index is 0.176. The third kappa shape index (κ3) is 8.47. The second-order valence-corrected chi connectivity index (χ2v) is 2.68. The van der Waals surface area contributed by atoms with Crippen LogP contribution in [0.1, 0.15) is 12.8 Å². The minimum Gasteiger partial charge on any atom is -0.299 e. The quantitative estimate of drug-likeness (QED) is 0.662. The number of ketones is 1. The molecule has 0 amide bonds. The zero-order chi connectivity index (χ0) is 10.6. The Labute approximate surface area is 85.8 Å². The third-order valence-electron chi connectivity index (χ3n) is 1.41. The number of carbonyl (C=O) groups is 1. The van der Waals surface area contributed by atoms with E-state index in [4.69, 9.17) is 0 Å². The summed E-state index contributed by atoms with van der Waals surface area (Å²) in [6.45, 7) is 6.86. The molecule has 0 radical (unpaired) electrons. The minimum atomic E-state index is 0.176. The molecular weight excluding hydrogens is 172 g/mol. The molecule has 0 heterocycles. The molecule has 14 heavy (non-hydrogen) atoms. The first kappa shape index (κ1) is 12.4. The molecule has 74 valence electrons. The molecule has 0 spiro atoms. The summed E-state index contributed by atoms with van der Waals surface area (Å²) in [5, 5.41) is 0. The van der Waals surface area contributed by atoms with Gasteiger partial charge in [0.05, 0.1) is 0 Å². The first-order chi connectivity index (χ1) is 6.81. The van der Waals surface area contributed by atoms with Crippen LogP contribution in [0.15, 0.2) is 61.7 Å². The van der Waals surface area contributed by atoms with Crippen LogP contribution in [0.25, 0.3) is 0 Å². The van der Waals surface area contributed by atoms with E-state index in [0.717, 1.165) is 0 Å². The second kappa shape index (κ2) is 9.46. The van der Waals surface area contributed by atoms with Crippen LogP contribution >= 0.6 is 0 Å². The Balaban J connectivity index is 0.000000249. The lowest BCUT2D eigenvalue weighted by molar-refractivity contribution is -0.117. The van der Waals surface area contributed by atoms with Gasteiger partial charge in [0.25, 0.3) is 0 Å². The van der Waals surface area contributed by atoms with Gasteiger partial charge in [0, 0.05) is 12.8 Å². The lowest BCUT2D eigenvalue weighted by Gasteiger charge is -1.85. The van der Waals surface area contributed by atoms with Crippen molar-refractivity contribution in [2.45, 2.75) is 12.8 Å². The standard InChI is InChI=1S/C7H10O.C6H6/c1-3-5-7(8)6-4-2;1-2-4-6-5-3-1/h3-4H,1-2,5-6H2;1-6H. The van der Waals surface area contributed by atoms with Crippen molar-refractivity contribution < 1.29 is 4.79 Å². The molecule has 0 unspecified atom stereocenters. The van der Waals surface area contributed by atoms with Crippen LogP contribution in [0, 0.1) is 0 Å². The van der Waals surface area contributed by atoms with Crippen molar-refractivity contribution in [1.29, 1.82) is 0 Å². The van der Waals surface area contributed by atoms with Crippen molar-refractivity contribution in [3.63, 3.8) is 0 Å². The first-order valence-corrected chi connectivity index (χ1v) is 4.54. The van der Waals surface area contributed by atoms with E-state index >= 15 is 0 Å². The Bertz CT molecular complexity index is 223. The summed E-state index contributed by atoms with van der Waals surface area (Å²) in [7, 11) is 0. The van der Waals surface area contributed by atoms with Gasteiger partial charge >= 0.3 is 0 Å². The molecule has 0 N–H and O–H groups in total. The molecule has 0 aromatic heterocycles. The predicted octanol–water partition coefficient (Wildman–Crippen LogP) is 3.39. The molecule has 0 bridgehead atoms. The molecule has 1 nitrogen and oxygen atoms in total. The average Bonchev–Trinajstić information content (AvgIpc) is 2.22. The van der Waals surface area contributed by atoms with E-state index in [1.807, 2.05) is 36.4 Å². The summed E-state index contributed by atoms with van der Waals surface area (Å²) < 4.78 is 0.